The Hall–Kier alpha value is -5.83. The molecular formula is C55H96N8O14. The van der Waals surface area contributed by atoms with Gasteiger partial charge >= 0.3 is 17.9 Å². The number of ether oxygens (including phenoxy) is 1. The van der Waals surface area contributed by atoms with Crippen LogP contribution < -0.4 is 42.5 Å². The molecule has 0 aliphatic carbocycles. The molecule has 8 amide bonds. The number of carboxylic acids is 2. The number of cyclic esters (lactones) is 1. The first-order chi connectivity index (χ1) is 36.1. The first-order valence-corrected chi connectivity index (χ1v) is 28.2. The van der Waals surface area contributed by atoms with Gasteiger partial charge in [0.05, 0.1) is 6.42 Å². The van der Waals surface area contributed by atoms with E-state index in [9.17, 15) is 63.0 Å². The molecule has 0 aromatic rings. The highest BCUT2D eigenvalue weighted by molar-refractivity contribution is 5.98. The highest BCUT2D eigenvalue weighted by atomic mass is 16.5. The fourth-order valence-corrected chi connectivity index (χ4v) is 8.78. The third-order valence-electron chi connectivity index (χ3n) is 12.9. The minimum atomic E-state index is -1.80. The van der Waals surface area contributed by atoms with Gasteiger partial charge in [0.2, 0.25) is 41.4 Å². The van der Waals surface area contributed by atoms with E-state index in [4.69, 9.17) is 4.74 Å². The molecular weight excluding hydrogens is 997 g/mol. The molecule has 1 heterocycles. The van der Waals surface area contributed by atoms with Crippen LogP contribution in [-0.2, 0) is 57.5 Å². The van der Waals surface area contributed by atoms with E-state index in [1.165, 1.54) is 25.7 Å². The van der Waals surface area contributed by atoms with E-state index in [0.29, 0.717) is 6.42 Å². The van der Waals surface area contributed by atoms with Gasteiger partial charge < -0.3 is 57.5 Å². The summed E-state index contributed by atoms with van der Waals surface area (Å²) in [5.74, 6) is -12.3. The van der Waals surface area contributed by atoms with Crippen LogP contribution in [-0.4, -0.2) is 130 Å². The van der Waals surface area contributed by atoms with Crippen molar-refractivity contribution in [3.8, 4) is 0 Å². The van der Waals surface area contributed by atoms with Crippen LogP contribution in [0.1, 0.15) is 198 Å². The topological polar surface area (TPSA) is 334 Å². The molecule has 0 spiro atoms. The predicted molar refractivity (Wildman–Crippen MR) is 289 cm³/mol. The number of nitrogens with one attached hydrogen (secondary N) is 8. The molecule has 0 radical (unpaired) electrons. The van der Waals surface area contributed by atoms with Gasteiger partial charge in [0, 0.05) is 19.4 Å². The number of carboxylic acid groups (broad SMARTS) is 2. The molecule has 22 nitrogen and oxygen atoms in total. The van der Waals surface area contributed by atoms with Crippen molar-refractivity contribution >= 4 is 65.2 Å². The number of carbonyl (C=O) groups is 11. The summed E-state index contributed by atoms with van der Waals surface area (Å²) < 4.78 is 5.77. The van der Waals surface area contributed by atoms with E-state index < -0.39 is 152 Å². The van der Waals surface area contributed by atoms with Crippen LogP contribution in [0.3, 0.4) is 0 Å². The molecule has 0 aromatic carbocycles. The zero-order valence-corrected chi connectivity index (χ0v) is 47.9. The van der Waals surface area contributed by atoms with Crippen molar-refractivity contribution in [2.45, 2.75) is 247 Å². The van der Waals surface area contributed by atoms with Crippen LogP contribution in [0.4, 0.5) is 0 Å². The van der Waals surface area contributed by atoms with E-state index in [1.807, 2.05) is 0 Å². The van der Waals surface area contributed by atoms with Crippen molar-refractivity contribution in [2.75, 3.05) is 6.54 Å². The zero-order chi connectivity index (χ0) is 58.4. The van der Waals surface area contributed by atoms with Gasteiger partial charge in [-0.15, -0.1) is 0 Å². The molecule has 4 unspecified atom stereocenters. The number of carbonyl (C=O) groups excluding carboxylic acids is 9. The molecule has 0 aromatic heterocycles. The van der Waals surface area contributed by atoms with E-state index in [2.05, 4.69) is 49.5 Å². The number of hydrogen-bond acceptors (Lipinski definition) is 12. The molecule has 0 bridgehead atoms. The van der Waals surface area contributed by atoms with Crippen molar-refractivity contribution in [3.63, 3.8) is 0 Å². The van der Waals surface area contributed by atoms with Gasteiger partial charge in [-0.1, -0.05) is 134 Å². The summed E-state index contributed by atoms with van der Waals surface area (Å²) in [6.45, 7) is 19.7. The van der Waals surface area contributed by atoms with Crippen LogP contribution in [0, 0.1) is 29.6 Å². The van der Waals surface area contributed by atoms with Crippen LogP contribution in [0.5, 0.6) is 0 Å². The second-order valence-corrected chi connectivity index (χ2v) is 22.6. The lowest BCUT2D eigenvalue weighted by Gasteiger charge is -2.30. The molecule has 1 rings (SSSR count). The first-order valence-electron chi connectivity index (χ1n) is 28.2. The Morgan fingerprint density at radius 2 is 0.831 bits per heavy atom. The standard InChI is InChI=1S/C55H96N8O14/c1-12-13-14-15-16-17-18-19-20-21-26-56-53(74)43-31-44(64)57-39(27-32(2)3)50(71)58-37(22-24-45(65)66)48(69)60-40(28-33(4)5)51(72)61-41(29-34(6)7)52(73)63-47(36(10)11)54(75)59-38(23-25-46(67)68)49(70)62-42(30-35(8)9)55(76)77-43/h32-43,47H,12-31H2,1-11H3,(H,56,74)(H,57,64)(H,58,71)(H,59,75)(H,60,69)(H,61,72)(H,62,70)(H,63,73)(H,65,66)(H,67,68)/t37?,38-,39-,40-,41+,42?,43?,47?/m0/s1. The monoisotopic (exact) mass is 1090 g/mol. The predicted octanol–water partition coefficient (Wildman–Crippen LogP) is 4.30. The van der Waals surface area contributed by atoms with E-state index in [-0.39, 0.29) is 55.9 Å². The van der Waals surface area contributed by atoms with Crippen molar-refractivity contribution < 1.29 is 67.7 Å². The van der Waals surface area contributed by atoms with Crippen molar-refractivity contribution in [2.24, 2.45) is 29.6 Å². The van der Waals surface area contributed by atoms with E-state index in [0.717, 1.165) is 32.1 Å². The second-order valence-electron chi connectivity index (χ2n) is 22.6. The number of hydrogen-bond donors (Lipinski definition) is 10. The molecule has 10 N–H and O–H groups in total. The average Bonchev–Trinajstić information content (AvgIpc) is 3.32. The van der Waals surface area contributed by atoms with Gasteiger partial charge in [0.1, 0.15) is 42.3 Å². The summed E-state index contributed by atoms with van der Waals surface area (Å²) in [6.07, 6.45) is 5.76. The highest BCUT2D eigenvalue weighted by Gasteiger charge is 2.38. The molecule has 0 saturated carbocycles. The van der Waals surface area contributed by atoms with Gasteiger partial charge in [-0.2, -0.15) is 0 Å². The summed E-state index contributed by atoms with van der Waals surface area (Å²) in [5.41, 5.74) is 0. The van der Waals surface area contributed by atoms with E-state index >= 15 is 0 Å². The normalized spacial score (nSPS) is 23.2. The smallest absolute Gasteiger partial charge is 0.329 e. The van der Waals surface area contributed by atoms with Gasteiger partial charge in [-0.25, -0.2) is 4.79 Å². The minimum absolute atomic E-state index is 0.00232. The van der Waals surface area contributed by atoms with Crippen molar-refractivity contribution in [3.05, 3.63) is 0 Å². The Morgan fingerprint density at radius 1 is 0.481 bits per heavy atom. The van der Waals surface area contributed by atoms with Crippen LogP contribution in [0.15, 0.2) is 0 Å². The SMILES string of the molecule is CCCCCCCCCCCCNC(=O)C1CC(=O)N[C@@H](CC(C)C)C(=O)NC(CCC(=O)O)C(=O)N[C@@H](CC(C)C)C(=O)N[C@H](CC(C)C)C(=O)NC(C(C)C)C(=O)N[C@@H](CCC(=O)O)C(=O)NC(CC(C)C)C(=O)O1. The molecule has 8 atom stereocenters. The highest BCUT2D eigenvalue weighted by Crippen LogP contribution is 2.17. The Balaban J connectivity index is 3.97. The molecule has 1 saturated heterocycles. The Labute approximate surface area is 456 Å². The molecule has 22 heteroatoms. The fraction of sp³-hybridized carbons (Fsp3) is 0.800. The van der Waals surface area contributed by atoms with Crippen LogP contribution >= 0.6 is 0 Å². The summed E-state index contributed by atoms with van der Waals surface area (Å²) >= 11 is 0. The lowest BCUT2D eigenvalue weighted by atomic mass is 9.98. The molecule has 77 heavy (non-hydrogen) atoms. The summed E-state index contributed by atoms with van der Waals surface area (Å²) in [4.78, 5) is 151. The number of rotatable bonds is 27. The van der Waals surface area contributed by atoms with Crippen molar-refractivity contribution in [1.82, 2.24) is 42.5 Å². The minimum Gasteiger partial charge on any atom is -0.481 e. The maximum Gasteiger partial charge on any atom is 0.329 e. The number of aliphatic carboxylic acids is 2. The number of amides is 8. The molecule has 1 aliphatic rings. The lowest BCUT2D eigenvalue weighted by Crippen LogP contribution is -2.61. The maximum atomic E-state index is 14.2. The van der Waals surface area contributed by atoms with Gasteiger partial charge in [0.15, 0.2) is 6.10 Å². The Kier molecular flexibility index (Phi) is 33.3. The van der Waals surface area contributed by atoms with Gasteiger partial charge in [-0.05, 0) is 74.5 Å². The number of unbranched alkanes of at least 4 members (excludes halogenated alkanes) is 9. The molecule has 440 valence electrons. The maximum absolute atomic E-state index is 14.2. The number of esters is 1. The fourth-order valence-electron chi connectivity index (χ4n) is 8.78. The van der Waals surface area contributed by atoms with Gasteiger partial charge in [0.25, 0.3) is 5.91 Å². The first kappa shape index (κ1) is 69.2. The summed E-state index contributed by atoms with van der Waals surface area (Å²) in [7, 11) is 0. The molecule has 1 aliphatic heterocycles. The third-order valence-corrected chi connectivity index (χ3v) is 12.9. The second kappa shape index (κ2) is 37.1. The molecule has 1 fully saturated rings. The zero-order valence-electron chi connectivity index (χ0n) is 47.9. The van der Waals surface area contributed by atoms with Crippen molar-refractivity contribution in [1.29, 1.82) is 0 Å². The van der Waals surface area contributed by atoms with E-state index in [1.54, 1.807) is 69.2 Å². The quantitative estimate of drug-likeness (QED) is 0.0405. The van der Waals surface area contributed by atoms with Crippen LogP contribution in [0.2, 0.25) is 0 Å². The lowest BCUT2D eigenvalue weighted by molar-refractivity contribution is -0.160. The van der Waals surface area contributed by atoms with Crippen LogP contribution in [0.25, 0.3) is 0 Å². The van der Waals surface area contributed by atoms with Gasteiger partial charge in [-0.3, -0.25) is 47.9 Å². The Bertz CT molecular complexity index is 1930. The third kappa shape index (κ3) is 29.5. The average molecular weight is 1090 g/mol. The summed E-state index contributed by atoms with van der Waals surface area (Å²) in [6, 6.07) is -9.92. The summed E-state index contributed by atoms with van der Waals surface area (Å²) in [5, 5.41) is 40.3. The largest absolute Gasteiger partial charge is 0.481 e. The Morgan fingerprint density at radius 3 is 1.25 bits per heavy atom.